The van der Waals surface area contributed by atoms with Gasteiger partial charge in [0.2, 0.25) is 11.9 Å². The van der Waals surface area contributed by atoms with Crippen LogP contribution in [0.5, 0.6) is 0 Å². The predicted octanol–water partition coefficient (Wildman–Crippen LogP) is -0.351. The van der Waals surface area contributed by atoms with Crippen molar-refractivity contribution in [1.82, 2.24) is 15.3 Å². The van der Waals surface area contributed by atoms with Crippen LogP contribution < -0.4 is 21.7 Å². The molecule has 1 aromatic rings. The lowest BCUT2D eigenvalue weighted by Gasteiger charge is -2.08. The quantitative estimate of drug-likeness (QED) is 0.509. The molecule has 0 aliphatic heterocycles. The molecule has 88 valence electrons. The monoisotopic (exact) mass is 224 g/mol. The maximum Gasteiger partial charge on any atom is 0.223 e. The number of amides is 1. The van der Waals surface area contributed by atoms with Crippen molar-refractivity contribution in [2.24, 2.45) is 0 Å². The molecule has 7 heteroatoms. The summed E-state index contributed by atoms with van der Waals surface area (Å²) in [5.74, 6) is 1.42. The molecule has 1 amide bonds. The van der Waals surface area contributed by atoms with E-state index in [1.807, 2.05) is 0 Å². The zero-order chi connectivity index (χ0) is 12.0. The number of carbonyl (C=O) groups excluding carboxylic acids is 1. The van der Waals surface area contributed by atoms with Gasteiger partial charge in [0.15, 0.2) is 0 Å². The van der Waals surface area contributed by atoms with E-state index in [0.29, 0.717) is 24.7 Å². The summed E-state index contributed by atoms with van der Waals surface area (Å²) in [5.41, 5.74) is 5.52. The minimum Gasteiger partial charge on any atom is -0.373 e. The fourth-order valence-electron chi connectivity index (χ4n) is 1.11. The molecule has 0 aromatic carbocycles. The average Bonchev–Trinajstić information content (AvgIpc) is 2.23. The third-order valence-electron chi connectivity index (χ3n) is 1.80. The average molecular weight is 224 g/mol. The maximum atomic E-state index is 10.6. The lowest BCUT2D eigenvalue weighted by atomic mass is 10.5. The number of hydrogen-bond donors (Lipinski definition) is 4. The minimum atomic E-state index is -0.0556. The molecule has 16 heavy (non-hydrogen) atoms. The van der Waals surface area contributed by atoms with E-state index in [1.165, 1.54) is 6.92 Å². The molecule has 0 unspecified atom stereocenters. The van der Waals surface area contributed by atoms with Crippen LogP contribution >= 0.6 is 0 Å². The molecule has 5 N–H and O–H groups in total. The van der Waals surface area contributed by atoms with Gasteiger partial charge in [-0.2, -0.15) is 9.97 Å². The van der Waals surface area contributed by atoms with Gasteiger partial charge in [0.25, 0.3) is 0 Å². The number of rotatable bonds is 5. The van der Waals surface area contributed by atoms with Gasteiger partial charge < -0.3 is 21.7 Å². The highest BCUT2D eigenvalue weighted by atomic mass is 16.1. The van der Waals surface area contributed by atoms with Crippen molar-refractivity contribution in [1.29, 1.82) is 0 Å². The number of aromatic nitrogens is 2. The first-order chi connectivity index (χ1) is 7.61. The topological polar surface area (TPSA) is 105 Å². The Bertz CT molecular complexity index is 367. The van der Waals surface area contributed by atoms with E-state index >= 15 is 0 Å². The van der Waals surface area contributed by atoms with Gasteiger partial charge in [0, 0.05) is 33.1 Å². The van der Waals surface area contributed by atoms with Crippen molar-refractivity contribution in [2.75, 3.05) is 36.5 Å². The molecule has 7 nitrogen and oxygen atoms in total. The SMILES string of the molecule is CNc1cc(NCCNC(C)=O)nc(N)n1. The fourth-order valence-corrected chi connectivity index (χ4v) is 1.11. The predicted molar refractivity (Wildman–Crippen MR) is 63.2 cm³/mol. The van der Waals surface area contributed by atoms with Crippen molar-refractivity contribution in [3.8, 4) is 0 Å². The number of nitrogen functional groups attached to an aromatic ring is 1. The Morgan fingerprint density at radius 1 is 1.38 bits per heavy atom. The summed E-state index contributed by atoms with van der Waals surface area (Å²) in [7, 11) is 1.75. The largest absolute Gasteiger partial charge is 0.373 e. The molecule has 0 bridgehead atoms. The number of anilines is 3. The van der Waals surface area contributed by atoms with E-state index in [2.05, 4.69) is 25.9 Å². The van der Waals surface area contributed by atoms with Crippen LogP contribution in [-0.2, 0) is 4.79 Å². The summed E-state index contributed by atoms with van der Waals surface area (Å²) in [6.07, 6.45) is 0. The van der Waals surface area contributed by atoms with Gasteiger partial charge in [-0.15, -0.1) is 0 Å². The molecule has 0 aliphatic rings. The van der Waals surface area contributed by atoms with Crippen LogP contribution in [0.2, 0.25) is 0 Å². The first-order valence-electron chi connectivity index (χ1n) is 4.92. The van der Waals surface area contributed by atoms with Crippen LogP contribution in [0.3, 0.4) is 0 Å². The molecule has 0 radical (unpaired) electrons. The van der Waals surface area contributed by atoms with Gasteiger partial charge in [-0.25, -0.2) is 0 Å². The van der Waals surface area contributed by atoms with Gasteiger partial charge in [-0.05, 0) is 0 Å². The molecular formula is C9H16N6O. The highest BCUT2D eigenvalue weighted by Crippen LogP contribution is 2.10. The molecule has 0 saturated carbocycles. The van der Waals surface area contributed by atoms with Crippen molar-refractivity contribution in [2.45, 2.75) is 6.92 Å². The summed E-state index contributed by atoms with van der Waals surface area (Å²) in [6, 6.07) is 1.74. The highest BCUT2D eigenvalue weighted by Gasteiger charge is 2.00. The summed E-state index contributed by atoms with van der Waals surface area (Å²) in [4.78, 5) is 18.6. The fraction of sp³-hybridized carbons (Fsp3) is 0.444. The molecule has 0 atom stereocenters. The van der Waals surface area contributed by atoms with Crippen LogP contribution in [0.25, 0.3) is 0 Å². The van der Waals surface area contributed by atoms with Crippen LogP contribution in [0.4, 0.5) is 17.6 Å². The summed E-state index contributed by atoms with van der Waals surface area (Å²) in [6.45, 7) is 2.59. The molecule has 0 fully saturated rings. The second-order valence-corrected chi connectivity index (χ2v) is 3.16. The van der Waals surface area contributed by atoms with E-state index in [4.69, 9.17) is 5.73 Å². The van der Waals surface area contributed by atoms with Gasteiger partial charge in [0.05, 0.1) is 0 Å². The Morgan fingerprint density at radius 3 is 2.69 bits per heavy atom. The van der Waals surface area contributed by atoms with Crippen LogP contribution in [0.15, 0.2) is 6.07 Å². The lowest BCUT2D eigenvalue weighted by Crippen LogP contribution is -2.26. The number of nitrogens with two attached hydrogens (primary N) is 1. The zero-order valence-corrected chi connectivity index (χ0v) is 9.37. The normalized spacial score (nSPS) is 9.62. The molecule has 0 saturated heterocycles. The molecule has 1 aromatic heterocycles. The summed E-state index contributed by atoms with van der Waals surface area (Å²) < 4.78 is 0. The third-order valence-corrected chi connectivity index (χ3v) is 1.80. The molecule has 0 spiro atoms. The van der Waals surface area contributed by atoms with Crippen LogP contribution in [-0.4, -0.2) is 36.0 Å². The van der Waals surface area contributed by atoms with Crippen molar-refractivity contribution < 1.29 is 4.79 Å². The Kier molecular flexibility index (Phi) is 4.31. The number of hydrogen-bond acceptors (Lipinski definition) is 6. The third kappa shape index (κ3) is 3.99. The van der Waals surface area contributed by atoms with Crippen LogP contribution in [0, 0.1) is 0 Å². The standard InChI is InChI=1S/C9H16N6O/c1-6(16)12-3-4-13-8-5-7(11-2)14-9(10)15-8/h5H,3-4H2,1-2H3,(H,12,16)(H4,10,11,13,14,15). The summed E-state index contributed by atoms with van der Waals surface area (Å²) in [5, 5.41) is 8.57. The maximum absolute atomic E-state index is 10.6. The second-order valence-electron chi connectivity index (χ2n) is 3.16. The van der Waals surface area contributed by atoms with E-state index in [9.17, 15) is 4.79 Å². The first-order valence-corrected chi connectivity index (χ1v) is 4.92. The lowest BCUT2D eigenvalue weighted by molar-refractivity contribution is -0.118. The van der Waals surface area contributed by atoms with Gasteiger partial charge in [0.1, 0.15) is 11.6 Å². The van der Waals surface area contributed by atoms with E-state index in [-0.39, 0.29) is 11.9 Å². The Balaban J connectivity index is 2.47. The Morgan fingerprint density at radius 2 is 2.06 bits per heavy atom. The summed E-state index contributed by atoms with van der Waals surface area (Å²) >= 11 is 0. The van der Waals surface area contributed by atoms with Crippen molar-refractivity contribution in [3.05, 3.63) is 6.07 Å². The number of nitrogens with zero attached hydrogens (tertiary/aromatic N) is 2. The molecule has 1 rings (SSSR count). The number of carbonyl (C=O) groups is 1. The Labute approximate surface area is 93.8 Å². The van der Waals surface area contributed by atoms with E-state index in [0.717, 1.165) is 0 Å². The minimum absolute atomic E-state index is 0.0556. The van der Waals surface area contributed by atoms with E-state index in [1.54, 1.807) is 13.1 Å². The second kappa shape index (κ2) is 5.74. The van der Waals surface area contributed by atoms with Crippen LogP contribution in [0.1, 0.15) is 6.92 Å². The van der Waals surface area contributed by atoms with Crippen molar-refractivity contribution in [3.63, 3.8) is 0 Å². The smallest absolute Gasteiger partial charge is 0.223 e. The van der Waals surface area contributed by atoms with Gasteiger partial charge >= 0.3 is 0 Å². The molecule has 1 heterocycles. The van der Waals surface area contributed by atoms with Gasteiger partial charge in [-0.1, -0.05) is 0 Å². The highest BCUT2D eigenvalue weighted by molar-refractivity contribution is 5.72. The van der Waals surface area contributed by atoms with Gasteiger partial charge in [-0.3, -0.25) is 4.79 Å². The molecule has 0 aliphatic carbocycles. The zero-order valence-electron chi connectivity index (χ0n) is 9.37. The molecular weight excluding hydrogens is 208 g/mol. The number of nitrogens with one attached hydrogen (secondary N) is 3. The Hall–Kier alpha value is -2.05. The van der Waals surface area contributed by atoms with E-state index < -0.39 is 0 Å². The van der Waals surface area contributed by atoms with Crippen molar-refractivity contribution >= 4 is 23.5 Å². The first kappa shape index (κ1) is 12.0.